The van der Waals surface area contributed by atoms with Crippen molar-refractivity contribution in [2.24, 2.45) is 11.8 Å². The second kappa shape index (κ2) is 14.1. The van der Waals surface area contributed by atoms with Crippen LogP contribution in [0.15, 0.2) is 97.2 Å². The number of anilines is 2. The summed E-state index contributed by atoms with van der Waals surface area (Å²) >= 11 is 12.8. The molecule has 262 valence electrons. The number of amides is 1. The molecule has 3 heterocycles. The zero-order valence-corrected chi connectivity index (χ0v) is 30.8. The molecular weight excluding hydrogens is 697 g/mol. The van der Waals surface area contributed by atoms with E-state index in [-0.39, 0.29) is 12.5 Å². The first-order valence-corrected chi connectivity index (χ1v) is 20.2. The van der Waals surface area contributed by atoms with Crippen LogP contribution in [0.1, 0.15) is 49.9 Å². The molecular formula is C41H41Cl2N5O2S. The fourth-order valence-corrected chi connectivity index (χ4v) is 9.84. The minimum atomic E-state index is -2.96. The lowest BCUT2D eigenvalue weighted by Gasteiger charge is -2.28. The molecule has 7 nitrogen and oxygen atoms in total. The van der Waals surface area contributed by atoms with E-state index in [0.717, 1.165) is 41.0 Å². The van der Waals surface area contributed by atoms with E-state index in [0.29, 0.717) is 27.8 Å². The van der Waals surface area contributed by atoms with Gasteiger partial charge in [0.15, 0.2) is 0 Å². The molecule has 1 aromatic heterocycles. The van der Waals surface area contributed by atoms with Gasteiger partial charge >= 0.3 is 0 Å². The summed E-state index contributed by atoms with van der Waals surface area (Å²) in [6.45, 7) is 2.32. The van der Waals surface area contributed by atoms with Gasteiger partial charge in [0.2, 0.25) is 0 Å². The molecule has 3 aliphatic rings. The number of halogens is 2. The molecule has 1 unspecified atom stereocenters. The summed E-state index contributed by atoms with van der Waals surface area (Å²) in [5, 5.41) is 1.06. The van der Waals surface area contributed by atoms with Crippen molar-refractivity contribution in [2.75, 3.05) is 28.8 Å². The Hall–Kier alpha value is -4.24. The van der Waals surface area contributed by atoms with Crippen LogP contribution in [0.4, 0.5) is 11.4 Å². The Labute approximate surface area is 310 Å². The summed E-state index contributed by atoms with van der Waals surface area (Å²) in [5.41, 5.74) is 7.70. The minimum absolute atomic E-state index is 0.0254. The second-order valence-corrected chi connectivity index (χ2v) is 16.8. The Morgan fingerprint density at radius 1 is 0.824 bits per heavy atom. The van der Waals surface area contributed by atoms with Crippen LogP contribution in [0.3, 0.4) is 0 Å². The maximum absolute atomic E-state index is 13.0. The Kier molecular flexibility index (Phi) is 9.34. The summed E-state index contributed by atoms with van der Waals surface area (Å²) in [6.07, 6.45) is 10.9. The number of nitrogens with one attached hydrogen (secondary N) is 1. The number of hydrogen-bond donors (Lipinski definition) is 1. The lowest BCUT2D eigenvalue weighted by molar-refractivity contribution is -0.117. The van der Waals surface area contributed by atoms with Gasteiger partial charge in [-0.05, 0) is 89.3 Å². The van der Waals surface area contributed by atoms with E-state index in [4.69, 9.17) is 28.2 Å². The highest BCUT2D eigenvalue weighted by Gasteiger charge is 2.31. The molecule has 8 rings (SSSR count). The summed E-state index contributed by atoms with van der Waals surface area (Å²) in [4.78, 5) is 19.7. The molecule has 2 saturated heterocycles. The molecule has 0 radical (unpaired) electrons. The number of carbonyl (C=O) groups excluding carboxylic acids is 1. The van der Waals surface area contributed by atoms with Gasteiger partial charge in [0.1, 0.15) is 22.3 Å². The van der Waals surface area contributed by atoms with Crippen molar-refractivity contribution >= 4 is 56.2 Å². The number of rotatable bonds is 8. The highest BCUT2D eigenvalue weighted by atomic mass is 35.5. The largest absolute Gasteiger partial charge is 0.371 e. The Morgan fingerprint density at radius 3 is 2.25 bits per heavy atom. The van der Waals surface area contributed by atoms with Gasteiger partial charge in [0, 0.05) is 47.7 Å². The van der Waals surface area contributed by atoms with E-state index in [1.54, 1.807) is 12.1 Å². The van der Waals surface area contributed by atoms with E-state index in [1.165, 1.54) is 66.2 Å². The Balaban J connectivity index is 1.04. The average Bonchev–Trinajstić information content (AvgIpc) is 3.86. The SMILES string of the molecule is C=S1(=O)NC(=O)CN1c1cccc(-n2cc(-c3ccc(Cl)cc3Cl)nc2Cc2ccc(-c3ccc(N4CC[C@@H](C5CCCCC5)C4)cc3)cc2)c1. The fourth-order valence-electron chi connectivity index (χ4n) is 8.03. The first-order valence-electron chi connectivity index (χ1n) is 17.7. The third-order valence-electron chi connectivity index (χ3n) is 10.7. The monoisotopic (exact) mass is 737 g/mol. The maximum atomic E-state index is 13.0. The van der Waals surface area contributed by atoms with Gasteiger partial charge in [0.05, 0.1) is 16.4 Å². The summed E-state index contributed by atoms with van der Waals surface area (Å²) in [7, 11) is -2.96. The van der Waals surface area contributed by atoms with Gasteiger partial charge in [-0.25, -0.2) is 9.19 Å². The topological polar surface area (TPSA) is 70.5 Å². The number of benzene rings is 4. The number of imidazole rings is 1. The number of aromatic nitrogens is 2. The molecule has 0 spiro atoms. The van der Waals surface area contributed by atoms with Gasteiger partial charge in [0.25, 0.3) is 5.91 Å². The molecule has 1 aliphatic carbocycles. The zero-order chi connectivity index (χ0) is 35.1. The van der Waals surface area contributed by atoms with E-state index >= 15 is 0 Å². The van der Waals surface area contributed by atoms with Gasteiger partial charge in [-0.15, -0.1) is 0 Å². The Morgan fingerprint density at radius 2 is 1.55 bits per heavy atom. The van der Waals surface area contributed by atoms with Gasteiger partial charge < -0.3 is 9.47 Å². The van der Waals surface area contributed by atoms with Crippen molar-refractivity contribution in [1.29, 1.82) is 0 Å². The van der Waals surface area contributed by atoms with Gasteiger partial charge in [-0.3, -0.25) is 13.8 Å². The molecule has 51 heavy (non-hydrogen) atoms. The van der Waals surface area contributed by atoms with Gasteiger partial charge in [-0.2, -0.15) is 0 Å². The van der Waals surface area contributed by atoms with E-state index in [1.807, 2.05) is 41.1 Å². The number of carbonyl (C=O) groups is 1. The molecule has 2 atom stereocenters. The lowest BCUT2D eigenvalue weighted by atomic mass is 9.80. The van der Waals surface area contributed by atoms with E-state index in [2.05, 4.69) is 64.0 Å². The van der Waals surface area contributed by atoms with Crippen LogP contribution in [-0.4, -0.2) is 45.2 Å². The Bertz CT molecular complexity index is 2180. The maximum Gasteiger partial charge on any atom is 0.253 e. The number of hydrogen-bond acceptors (Lipinski definition) is 4. The van der Waals surface area contributed by atoms with Crippen LogP contribution in [0.5, 0.6) is 0 Å². The third kappa shape index (κ3) is 7.14. The van der Waals surface area contributed by atoms with Crippen molar-refractivity contribution in [3.05, 3.63) is 119 Å². The molecule has 10 heteroatoms. The minimum Gasteiger partial charge on any atom is -0.371 e. The van der Waals surface area contributed by atoms with Crippen molar-refractivity contribution in [1.82, 2.24) is 14.3 Å². The van der Waals surface area contributed by atoms with Crippen molar-refractivity contribution < 1.29 is 9.00 Å². The standard InChI is InChI=1S/C41H41Cl2N5O2S/c1-51(50)45-41(49)27-48(51)36-9-5-8-35(24-36)47-26-39(37-19-16-33(42)23-38(37)43)44-40(47)22-28-10-12-30(13-11-28)31-14-17-34(18-15-31)46-21-20-32(25-46)29-6-3-2-4-7-29/h5,8-19,23-24,26,29,32H,1-4,6-7,20-22,25,27H2,(H,45,49,50)/t32-,51?/m1/s1. The molecule has 2 aliphatic heterocycles. The highest BCUT2D eigenvalue weighted by Crippen LogP contribution is 2.37. The predicted molar refractivity (Wildman–Crippen MR) is 211 cm³/mol. The number of nitrogens with zero attached hydrogens (tertiary/aromatic N) is 4. The lowest BCUT2D eigenvalue weighted by Crippen LogP contribution is -2.29. The molecule has 3 fully saturated rings. The molecule has 1 N–H and O–H groups in total. The average molecular weight is 739 g/mol. The molecule has 1 saturated carbocycles. The molecule has 5 aromatic rings. The summed E-state index contributed by atoms with van der Waals surface area (Å²) in [6, 6.07) is 30.6. The summed E-state index contributed by atoms with van der Waals surface area (Å²) in [5.74, 6) is 6.00. The second-order valence-electron chi connectivity index (χ2n) is 14.1. The van der Waals surface area contributed by atoms with Gasteiger partial charge in [-0.1, -0.05) is 97.8 Å². The van der Waals surface area contributed by atoms with Crippen LogP contribution < -0.4 is 13.9 Å². The first-order chi connectivity index (χ1) is 24.7. The van der Waals surface area contributed by atoms with Crippen molar-refractivity contribution in [2.45, 2.75) is 44.9 Å². The van der Waals surface area contributed by atoms with Crippen LogP contribution in [0.2, 0.25) is 10.0 Å². The third-order valence-corrected chi connectivity index (χ3v) is 12.9. The van der Waals surface area contributed by atoms with Crippen LogP contribution in [-0.2, 0) is 21.1 Å². The van der Waals surface area contributed by atoms with Crippen molar-refractivity contribution in [3.8, 4) is 28.1 Å². The highest BCUT2D eigenvalue weighted by molar-refractivity contribution is 8.00. The van der Waals surface area contributed by atoms with Crippen LogP contribution in [0.25, 0.3) is 28.1 Å². The molecule has 4 aromatic carbocycles. The first kappa shape index (κ1) is 33.9. The van der Waals surface area contributed by atoms with Crippen LogP contribution in [0, 0.1) is 11.8 Å². The molecule has 0 bridgehead atoms. The van der Waals surface area contributed by atoms with Crippen molar-refractivity contribution in [3.63, 3.8) is 0 Å². The quantitative estimate of drug-likeness (QED) is 0.162. The predicted octanol–water partition coefficient (Wildman–Crippen LogP) is 8.99. The summed E-state index contributed by atoms with van der Waals surface area (Å²) < 4.78 is 19.1. The van der Waals surface area contributed by atoms with Crippen LogP contribution >= 0.6 is 23.2 Å². The van der Waals surface area contributed by atoms with E-state index < -0.39 is 9.89 Å². The molecule has 1 amide bonds. The fraction of sp³-hybridized carbons (Fsp3) is 0.293. The zero-order valence-electron chi connectivity index (χ0n) is 28.4. The normalized spacial score (nSPS) is 21.0. The van der Waals surface area contributed by atoms with E-state index in [9.17, 15) is 9.00 Å². The smallest absolute Gasteiger partial charge is 0.253 e.